The van der Waals surface area contributed by atoms with Gasteiger partial charge in [0.2, 0.25) is 5.91 Å². The molecule has 0 aliphatic carbocycles. The maximum atomic E-state index is 12.7. The Labute approximate surface area is 144 Å². The first-order valence-electron chi connectivity index (χ1n) is 7.21. The van der Waals surface area contributed by atoms with Crippen LogP contribution in [0.1, 0.15) is 33.0 Å². The molecule has 0 fully saturated rings. The van der Waals surface area contributed by atoms with Crippen molar-refractivity contribution in [1.82, 2.24) is 20.2 Å². The predicted molar refractivity (Wildman–Crippen MR) is 91.2 cm³/mol. The lowest BCUT2D eigenvalue weighted by Gasteiger charge is -2.28. The summed E-state index contributed by atoms with van der Waals surface area (Å²) >= 11 is 2.14. The van der Waals surface area contributed by atoms with Gasteiger partial charge in [-0.25, -0.2) is 9.78 Å². The summed E-state index contributed by atoms with van der Waals surface area (Å²) in [5, 5.41) is 2.61. The second-order valence-electron chi connectivity index (χ2n) is 5.30. The van der Waals surface area contributed by atoms with E-state index in [9.17, 15) is 9.59 Å². The van der Waals surface area contributed by atoms with Gasteiger partial charge in [0.1, 0.15) is 11.9 Å². The third-order valence-electron chi connectivity index (χ3n) is 3.13. The number of H-pyrrole nitrogens is 1. The molecule has 0 saturated carbocycles. The topological polar surface area (TPSA) is 87.3 Å². The number of carbonyl (C=O) groups excluding carboxylic acids is 2. The normalized spacial score (nSPS) is 12.1. The molecule has 2 N–H and O–H groups in total. The average Bonchev–Trinajstić information content (AvgIpc) is 2.88. The summed E-state index contributed by atoms with van der Waals surface area (Å²) in [6.45, 7) is 6.77. The minimum atomic E-state index is -0.618. The van der Waals surface area contributed by atoms with E-state index in [1.807, 2.05) is 20.8 Å². The van der Waals surface area contributed by atoms with Crippen LogP contribution in [0, 0.1) is 9.62 Å². The third kappa shape index (κ3) is 5.47. The number of nitrogens with one attached hydrogen (secondary N) is 2. The quantitative estimate of drug-likeness (QED) is 0.660. The lowest BCUT2D eigenvalue weighted by Crippen LogP contribution is -2.51. The zero-order chi connectivity index (χ0) is 16.7. The first kappa shape index (κ1) is 18.7. The van der Waals surface area contributed by atoms with E-state index in [1.165, 1.54) is 7.11 Å². The molecule has 0 unspecified atom stereocenters. The summed E-state index contributed by atoms with van der Waals surface area (Å²) in [6, 6.07) is -0.618. The number of alkyl carbamates (subject to hydrolysis) is 1. The van der Waals surface area contributed by atoms with Gasteiger partial charge in [0.25, 0.3) is 0 Å². The van der Waals surface area contributed by atoms with Crippen molar-refractivity contribution in [2.24, 2.45) is 5.92 Å². The van der Waals surface area contributed by atoms with Crippen LogP contribution in [0.5, 0.6) is 0 Å². The number of amides is 2. The lowest BCUT2D eigenvalue weighted by atomic mass is 10.0. The van der Waals surface area contributed by atoms with Gasteiger partial charge in [-0.15, -0.1) is 0 Å². The Morgan fingerprint density at radius 3 is 2.64 bits per heavy atom. The van der Waals surface area contributed by atoms with Crippen molar-refractivity contribution in [1.29, 1.82) is 0 Å². The standard InChI is InChI=1S/C14H23IN4O3/c1-5-6-19(8-11-16-7-10(15)17-11)13(20)12(9(2)3)18-14(21)22-4/h7,9,12H,5-6,8H2,1-4H3,(H,16,17)(H,18,21)/t12-/m0/s1. The van der Waals surface area contributed by atoms with E-state index >= 15 is 0 Å². The Morgan fingerprint density at radius 1 is 1.50 bits per heavy atom. The SMILES string of the molecule is CCCN(Cc1ncc(I)[nH]1)C(=O)[C@@H](NC(=O)OC)C(C)C. The van der Waals surface area contributed by atoms with Crippen molar-refractivity contribution in [3.8, 4) is 0 Å². The minimum absolute atomic E-state index is 0.0392. The molecule has 0 spiro atoms. The van der Waals surface area contributed by atoms with Gasteiger partial charge in [-0.05, 0) is 34.9 Å². The summed E-state index contributed by atoms with van der Waals surface area (Å²) < 4.78 is 5.52. The van der Waals surface area contributed by atoms with Gasteiger partial charge in [0, 0.05) is 6.54 Å². The number of carbonyl (C=O) groups is 2. The minimum Gasteiger partial charge on any atom is -0.453 e. The highest BCUT2D eigenvalue weighted by atomic mass is 127. The van der Waals surface area contributed by atoms with Gasteiger partial charge < -0.3 is 19.9 Å². The molecule has 1 heterocycles. The van der Waals surface area contributed by atoms with E-state index in [0.717, 1.165) is 15.9 Å². The summed E-state index contributed by atoms with van der Waals surface area (Å²) in [6.07, 6.45) is 1.94. The van der Waals surface area contributed by atoms with Crippen LogP contribution in [0.3, 0.4) is 0 Å². The summed E-state index contributed by atoms with van der Waals surface area (Å²) in [4.78, 5) is 33.2. The monoisotopic (exact) mass is 422 g/mol. The molecule has 0 radical (unpaired) electrons. The van der Waals surface area contributed by atoms with Crippen LogP contribution in [0.2, 0.25) is 0 Å². The molecule has 7 nitrogen and oxygen atoms in total. The second kappa shape index (κ2) is 8.96. The highest BCUT2D eigenvalue weighted by molar-refractivity contribution is 14.1. The molecule has 124 valence electrons. The molecule has 1 atom stereocenters. The van der Waals surface area contributed by atoms with Crippen molar-refractivity contribution in [2.45, 2.75) is 39.8 Å². The molecule has 8 heteroatoms. The van der Waals surface area contributed by atoms with Gasteiger partial charge in [0.05, 0.1) is 23.6 Å². The van der Waals surface area contributed by atoms with Gasteiger partial charge in [-0.2, -0.15) is 0 Å². The van der Waals surface area contributed by atoms with Crippen LogP contribution < -0.4 is 5.32 Å². The average molecular weight is 422 g/mol. The summed E-state index contributed by atoms with van der Waals surface area (Å²) in [7, 11) is 1.28. The van der Waals surface area contributed by atoms with Crippen molar-refractivity contribution in [3.05, 3.63) is 15.7 Å². The van der Waals surface area contributed by atoms with Crippen molar-refractivity contribution in [3.63, 3.8) is 0 Å². The van der Waals surface area contributed by atoms with Gasteiger partial charge >= 0.3 is 6.09 Å². The first-order chi connectivity index (χ1) is 10.4. The largest absolute Gasteiger partial charge is 0.453 e. The van der Waals surface area contributed by atoms with Crippen molar-refractivity contribution in [2.75, 3.05) is 13.7 Å². The first-order valence-corrected chi connectivity index (χ1v) is 8.29. The Bertz CT molecular complexity index is 504. The van der Waals surface area contributed by atoms with Crippen LogP contribution in [-0.2, 0) is 16.1 Å². The van der Waals surface area contributed by atoms with E-state index in [4.69, 9.17) is 0 Å². The van der Waals surface area contributed by atoms with E-state index < -0.39 is 12.1 Å². The smallest absolute Gasteiger partial charge is 0.407 e. The number of halogens is 1. The molecule has 22 heavy (non-hydrogen) atoms. The number of hydrogen-bond donors (Lipinski definition) is 2. The number of imidazole rings is 1. The number of methoxy groups -OCH3 is 1. The van der Waals surface area contributed by atoms with Crippen molar-refractivity contribution < 1.29 is 14.3 Å². The van der Waals surface area contributed by atoms with Gasteiger partial charge in [0.15, 0.2) is 0 Å². The predicted octanol–water partition coefficient (Wildman–Crippen LogP) is 2.13. The maximum absolute atomic E-state index is 12.7. The number of hydrogen-bond acceptors (Lipinski definition) is 4. The fraction of sp³-hybridized carbons (Fsp3) is 0.643. The molecule has 0 aliphatic heterocycles. The number of ether oxygens (including phenoxy) is 1. The zero-order valence-electron chi connectivity index (χ0n) is 13.4. The molecule has 1 rings (SSSR count). The maximum Gasteiger partial charge on any atom is 0.407 e. The molecule has 1 aromatic rings. The molecular weight excluding hydrogens is 399 g/mol. The Balaban J connectivity index is 2.86. The second-order valence-corrected chi connectivity index (χ2v) is 6.46. The van der Waals surface area contributed by atoms with Gasteiger partial charge in [-0.1, -0.05) is 20.8 Å². The van der Waals surface area contributed by atoms with Crippen molar-refractivity contribution >= 4 is 34.6 Å². The summed E-state index contributed by atoms with van der Waals surface area (Å²) in [5.74, 6) is 0.558. The number of rotatable bonds is 7. The fourth-order valence-corrected chi connectivity index (χ4v) is 2.48. The van der Waals surface area contributed by atoms with Crippen LogP contribution >= 0.6 is 22.6 Å². The molecular formula is C14H23IN4O3. The number of nitrogens with zero attached hydrogens (tertiary/aromatic N) is 2. The molecule has 2 amide bonds. The highest BCUT2D eigenvalue weighted by Gasteiger charge is 2.29. The third-order valence-corrected chi connectivity index (χ3v) is 3.68. The Kier molecular flexibility index (Phi) is 7.63. The molecule has 0 bridgehead atoms. The van der Waals surface area contributed by atoms with E-state index in [0.29, 0.717) is 13.1 Å². The van der Waals surface area contributed by atoms with Crippen LogP contribution in [0.15, 0.2) is 6.20 Å². The lowest BCUT2D eigenvalue weighted by molar-refractivity contribution is -0.135. The zero-order valence-corrected chi connectivity index (χ0v) is 15.5. The fourth-order valence-electron chi connectivity index (χ4n) is 2.03. The number of aromatic nitrogens is 2. The van der Waals surface area contributed by atoms with Crippen LogP contribution in [-0.4, -0.2) is 46.6 Å². The van der Waals surface area contributed by atoms with E-state index in [1.54, 1.807) is 11.1 Å². The van der Waals surface area contributed by atoms with Crippen LogP contribution in [0.25, 0.3) is 0 Å². The molecule has 1 aromatic heterocycles. The highest BCUT2D eigenvalue weighted by Crippen LogP contribution is 2.11. The molecule has 0 saturated heterocycles. The molecule has 0 aliphatic rings. The van der Waals surface area contributed by atoms with E-state index in [-0.39, 0.29) is 11.8 Å². The van der Waals surface area contributed by atoms with E-state index in [2.05, 4.69) is 42.6 Å². The Morgan fingerprint density at radius 2 is 2.18 bits per heavy atom. The van der Waals surface area contributed by atoms with Gasteiger partial charge in [-0.3, -0.25) is 4.79 Å². The molecule has 0 aromatic carbocycles. The summed E-state index contributed by atoms with van der Waals surface area (Å²) in [5.41, 5.74) is 0. The Hall–Kier alpha value is -1.32. The van der Waals surface area contributed by atoms with Crippen LogP contribution in [0.4, 0.5) is 4.79 Å². The number of aromatic amines is 1.